The Morgan fingerprint density at radius 2 is 2.29 bits per heavy atom. The van der Waals surface area contributed by atoms with Gasteiger partial charge in [-0.05, 0) is 50.6 Å². The van der Waals surface area contributed by atoms with Crippen LogP contribution in [-0.2, 0) is 0 Å². The maximum Gasteiger partial charge on any atom is 0.0348 e. The van der Waals surface area contributed by atoms with Gasteiger partial charge in [0.15, 0.2) is 0 Å². The Balaban J connectivity index is 2.25. The molecule has 1 saturated heterocycles. The predicted molar refractivity (Wildman–Crippen MR) is 58.2 cm³/mol. The van der Waals surface area contributed by atoms with E-state index >= 15 is 0 Å². The first-order chi connectivity index (χ1) is 6.79. The number of piperidine rings is 1. The van der Waals surface area contributed by atoms with Crippen LogP contribution in [0.1, 0.15) is 36.4 Å². The van der Waals surface area contributed by atoms with Crippen LogP contribution in [0, 0.1) is 6.92 Å². The lowest BCUT2D eigenvalue weighted by molar-refractivity contribution is 0.187. The molecule has 0 saturated carbocycles. The van der Waals surface area contributed by atoms with Gasteiger partial charge in [0.2, 0.25) is 0 Å². The van der Waals surface area contributed by atoms with Crippen LogP contribution in [0.5, 0.6) is 0 Å². The normalized spacial score (nSPS) is 23.7. The van der Waals surface area contributed by atoms with E-state index in [1.54, 1.807) is 0 Å². The Hall–Kier alpha value is -0.890. The molecule has 0 spiro atoms. The highest BCUT2D eigenvalue weighted by Crippen LogP contribution is 2.30. The lowest BCUT2D eigenvalue weighted by Gasteiger charge is -2.33. The predicted octanol–water partition coefficient (Wildman–Crippen LogP) is 2.55. The molecule has 2 rings (SSSR count). The molecule has 2 nitrogen and oxygen atoms in total. The van der Waals surface area contributed by atoms with Gasteiger partial charge in [-0.3, -0.25) is 9.88 Å². The molecule has 1 aromatic rings. The van der Waals surface area contributed by atoms with E-state index in [4.69, 9.17) is 0 Å². The van der Waals surface area contributed by atoms with E-state index in [2.05, 4.69) is 29.9 Å². The molecule has 2 heterocycles. The van der Waals surface area contributed by atoms with Gasteiger partial charge in [0.25, 0.3) is 0 Å². The van der Waals surface area contributed by atoms with Crippen LogP contribution in [0.2, 0.25) is 0 Å². The minimum absolute atomic E-state index is 0.617. The summed E-state index contributed by atoms with van der Waals surface area (Å²) in [7, 11) is 2.23. The van der Waals surface area contributed by atoms with Crippen molar-refractivity contribution in [2.24, 2.45) is 0 Å². The number of aromatic nitrogens is 1. The molecular weight excluding hydrogens is 172 g/mol. The molecule has 1 fully saturated rings. The van der Waals surface area contributed by atoms with Crippen LogP contribution in [0.25, 0.3) is 0 Å². The Morgan fingerprint density at radius 1 is 1.43 bits per heavy atom. The second-order valence-electron chi connectivity index (χ2n) is 4.22. The average molecular weight is 190 g/mol. The molecule has 0 aliphatic carbocycles. The third-order valence-electron chi connectivity index (χ3n) is 3.19. The zero-order valence-corrected chi connectivity index (χ0v) is 9.03. The third-order valence-corrected chi connectivity index (χ3v) is 3.19. The maximum absolute atomic E-state index is 4.15. The Kier molecular flexibility index (Phi) is 2.82. The number of pyridine rings is 1. The highest BCUT2D eigenvalue weighted by molar-refractivity contribution is 5.25. The van der Waals surface area contributed by atoms with E-state index in [0.717, 1.165) is 0 Å². The number of hydrogen-bond acceptors (Lipinski definition) is 2. The fourth-order valence-electron chi connectivity index (χ4n) is 2.33. The zero-order chi connectivity index (χ0) is 9.97. The zero-order valence-electron chi connectivity index (χ0n) is 9.03. The van der Waals surface area contributed by atoms with Gasteiger partial charge in [0.05, 0.1) is 0 Å². The van der Waals surface area contributed by atoms with Gasteiger partial charge in [-0.1, -0.05) is 6.42 Å². The van der Waals surface area contributed by atoms with Crippen molar-refractivity contribution in [1.29, 1.82) is 0 Å². The van der Waals surface area contributed by atoms with Gasteiger partial charge in [0, 0.05) is 18.4 Å². The van der Waals surface area contributed by atoms with Crippen molar-refractivity contribution in [3.8, 4) is 0 Å². The van der Waals surface area contributed by atoms with Crippen LogP contribution >= 0.6 is 0 Å². The third kappa shape index (κ3) is 1.80. The second-order valence-corrected chi connectivity index (χ2v) is 4.22. The number of likely N-dealkylation sites (tertiary alicyclic amines) is 1. The SMILES string of the molecule is Cc1cnccc1[C@H]1CCCCN1C. The van der Waals surface area contributed by atoms with Crippen LogP contribution < -0.4 is 0 Å². The Bertz CT molecular complexity index is 309. The van der Waals surface area contributed by atoms with Crippen molar-refractivity contribution in [2.45, 2.75) is 32.2 Å². The summed E-state index contributed by atoms with van der Waals surface area (Å²) in [5, 5.41) is 0. The molecule has 0 amide bonds. The van der Waals surface area contributed by atoms with Crippen molar-refractivity contribution >= 4 is 0 Å². The molecule has 0 bridgehead atoms. The molecule has 1 aromatic heterocycles. The second kappa shape index (κ2) is 4.09. The number of hydrogen-bond donors (Lipinski definition) is 0. The first-order valence-electron chi connectivity index (χ1n) is 5.40. The summed E-state index contributed by atoms with van der Waals surface area (Å²) in [5.41, 5.74) is 2.79. The molecule has 1 aliphatic rings. The molecule has 0 aromatic carbocycles. The van der Waals surface area contributed by atoms with Gasteiger partial charge in [-0.15, -0.1) is 0 Å². The lowest BCUT2D eigenvalue weighted by Crippen LogP contribution is -2.30. The summed E-state index contributed by atoms with van der Waals surface area (Å²) in [6.45, 7) is 3.39. The standard InChI is InChI=1S/C12H18N2/c1-10-9-13-7-6-11(10)12-5-3-4-8-14(12)2/h6-7,9,12H,3-5,8H2,1-2H3/t12-/m1/s1. The summed E-state index contributed by atoms with van der Waals surface area (Å²) in [6, 6.07) is 2.79. The molecule has 2 heteroatoms. The highest BCUT2D eigenvalue weighted by atomic mass is 15.1. The van der Waals surface area contributed by atoms with Crippen LogP contribution in [0.3, 0.4) is 0 Å². The van der Waals surface area contributed by atoms with E-state index in [1.165, 1.54) is 36.9 Å². The smallest absolute Gasteiger partial charge is 0.0348 e. The average Bonchev–Trinajstić information content (AvgIpc) is 2.20. The molecular formula is C12H18N2. The largest absolute Gasteiger partial charge is 0.299 e. The fraction of sp³-hybridized carbons (Fsp3) is 0.583. The number of rotatable bonds is 1. The summed E-state index contributed by atoms with van der Waals surface area (Å²) in [4.78, 5) is 6.61. The van der Waals surface area contributed by atoms with Crippen molar-refractivity contribution in [2.75, 3.05) is 13.6 Å². The van der Waals surface area contributed by atoms with Crippen molar-refractivity contribution in [1.82, 2.24) is 9.88 Å². The van der Waals surface area contributed by atoms with Gasteiger partial charge in [0.1, 0.15) is 0 Å². The molecule has 1 aliphatic heterocycles. The molecule has 76 valence electrons. The summed E-state index contributed by atoms with van der Waals surface area (Å²) >= 11 is 0. The summed E-state index contributed by atoms with van der Waals surface area (Å²) < 4.78 is 0. The van der Waals surface area contributed by atoms with Gasteiger partial charge in [-0.2, -0.15) is 0 Å². The van der Waals surface area contributed by atoms with E-state index in [0.29, 0.717) is 6.04 Å². The van der Waals surface area contributed by atoms with Gasteiger partial charge in [-0.25, -0.2) is 0 Å². The quantitative estimate of drug-likeness (QED) is 0.676. The molecule has 0 unspecified atom stereocenters. The molecule has 0 N–H and O–H groups in total. The Morgan fingerprint density at radius 3 is 3.00 bits per heavy atom. The first kappa shape index (κ1) is 9.66. The van der Waals surface area contributed by atoms with E-state index < -0.39 is 0 Å². The molecule has 14 heavy (non-hydrogen) atoms. The van der Waals surface area contributed by atoms with E-state index in [9.17, 15) is 0 Å². The monoisotopic (exact) mass is 190 g/mol. The van der Waals surface area contributed by atoms with E-state index in [-0.39, 0.29) is 0 Å². The Labute approximate surface area is 86.0 Å². The number of nitrogens with zero attached hydrogens (tertiary/aromatic N) is 2. The highest BCUT2D eigenvalue weighted by Gasteiger charge is 2.21. The first-order valence-corrected chi connectivity index (χ1v) is 5.40. The maximum atomic E-state index is 4.15. The minimum atomic E-state index is 0.617. The van der Waals surface area contributed by atoms with Crippen LogP contribution in [0.4, 0.5) is 0 Å². The topological polar surface area (TPSA) is 16.1 Å². The lowest BCUT2D eigenvalue weighted by atomic mass is 9.94. The van der Waals surface area contributed by atoms with Crippen molar-refractivity contribution in [3.05, 3.63) is 29.6 Å². The van der Waals surface area contributed by atoms with Crippen molar-refractivity contribution < 1.29 is 0 Å². The number of aryl methyl sites for hydroxylation is 1. The molecule has 0 radical (unpaired) electrons. The van der Waals surface area contributed by atoms with Gasteiger partial charge >= 0.3 is 0 Å². The fourth-order valence-corrected chi connectivity index (χ4v) is 2.33. The van der Waals surface area contributed by atoms with E-state index in [1.807, 2.05) is 12.4 Å². The molecule has 1 atom stereocenters. The van der Waals surface area contributed by atoms with Crippen LogP contribution in [-0.4, -0.2) is 23.5 Å². The summed E-state index contributed by atoms with van der Waals surface area (Å²) in [5.74, 6) is 0. The summed E-state index contributed by atoms with van der Waals surface area (Å²) in [6.07, 6.45) is 7.87. The van der Waals surface area contributed by atoms with Gasteiger partial charge < -0.3 is 0 Å². The minimum Gasteiger partial charge on any atom is -0.299 e. The van der Waals surface area contributed by atoms with Crippen molar-refractivity contribution in [3.63, 3.8) is 0 Å². The van der Waals surface area contributed by atoms with Crippen LogP contribution in [0.15, 0.2) is 18.5 Å².